The molecule has 0 aliphatic heterocycles. The van der Waals surface area contributed by atoms with Crippen LogP contribution in [0.1, 0.15) is 52.1 Å². The lowest BCUT2D eigenvalue weighted by molar-refractivity contribution is -0.140. The Hall–Kier alpha value is -2.96. The van der Waals surface area contributed by atoms with Gasteiger partial charge in [-0.15, -0.1) is 0 Å². The van der Waals surface area contributed by atoms with E-state index in [0.717, 1.165) is 5.56 Å². The van der Waals surface area contributed by atoms with E-state index < -0.39 is 17.6 Å². The van der Waals surface area contributed by atoms with Crippen molar-refractivity contribution in [3.8, 4) is 0 Å². The summed E-state index contributed by atoms with van der Waals surface area (Å²) in [6, 6.07) is 6.63. The first-order chi connectivity index (χ1) is 11.8. The summed E-state index contributed by atoms with van der Waals surface area (Å²) >= 11 is 0. The summed E-state index contributed by atoms with van der Waals surface area (Å²) in [5, 5.41) is 9.46. The number of aromatic nitrogens is 2. The Labute approximate surface area is 144 Å². The van der Waals surface area contributed by atoms with E-state index in [1.807, 2.05) is 12.1 Å². The van der Waals surface area contributed by atoms with Gasteiger partial charge in [0.15, 0.2) is 5.78 Å². The number of rotatable bonds is 6. The zero-order valence-electron chi connectivity index (χ0n) is 13.9. The standard InChI is InChI=1S/C18H18N2O5/c1-18(2,25-10-21)8-12-9-20(16(19-12)17(23)24)14-7-11-5-3-4-6-13(11)15(14)22/h3-6,9-10,14H,7-8H2,1-2H3,(H,23,24). The van der Waals surface area contributed by atoms with Crippen molar-refractivity contribution in [1.29, 1.82) is 0 Å². The highest BCUT2D eigenvalue weighted by molar-refractivity contribution is 6.03. The maximum atomic E-state index is 12.7. The number of carbonyl (C=O) groups excluding carboxylic acids is 2. The summed E-state index contributed by atoms with van der Waals surface area (Å²) in [4.78, 5) is 39.0. The SMILES string of the molecule is CC(C)(Cc1cn(C2Cc3ccccc3C2=O)c(C(=O)O)n1)OC=O. The maximum Gasteiger partial charge on any atom is 0.372 e. The first-order valence-corrected chi connectivity index (χ1v) is 7.87. The number of carbonyl (C=O) groups is 3. The second kappa shape index (κ2) is 6.16. The number of ether oxygens (including phenoxy) is 1. The lowest BCUT2D eigenvalue weighted by Crippen LogP contribution is -2.27. The van der Waals surface area contributed by atoms with Crippen LogP contribution in [0.3, 0.4) is 0 Å². The molecule has 1 N–H and O–H groups in total. The van der Waals surface area contributed by atoms with Gasteiger partial charge in [0.2, 0.25) is 5.82 Å². The van der Waals surface area contributed by atoms with E-state index in [1.165, 1.54) is 4.57 Å². The molecule has 0 spiro atoms. The molecular formula is C18H18N2O5. The molecule has 1 heterocycles. The summed E-state index contributed by atoms with van der Waals surface area (Å²) in [7, 11) is 0. The number of imidazole rings is 1. The van der Waals surface area contributed by atoms with Crippen LogP contribution >= 0.6 is 0 Å². The van der Waals surface area contributed by atoms with Crippen LogP contribution in [0.5, 0.6) is 0 Å². The van der Waals surface area contributed by atoms with Crippen LogP contribution in [0.4, 0.5) is 0 Å². The third-order valence-corrected chi connectivity index (χ3v) is 4.28. The first-order valence-electron chi connectivity index (χ1n) is 7.87. The molecule has 0 amide bonds. The molecule has 1 aromatic carbocycles. The van der Waals surface area contributed by atoms with E-state index in [4.69, 9.17) is 4.74 Å². The number of nitrogens with zero attached hydrogens (tertiary/aromatic N) is 2. The van der Waals surface area contributed by atoms with Crippen molar-refractivity contribution in [2.75, 3.05) is 0 Å². The van der Waals surface area contributed by atoms with E-state index in [1.54, 1.807) is 32.2 Å². The average Bonchev–Trinajstić information content (AvgIpc) is 3.08. The van der Waals surface area contributed by atoms with Gasteiger partial charge in [0, 0.05) is 24.6 Å². The van der Waals surface area contributed by atoms with Crippen LogP contribution < -0.4 is 0 Å². The summed E-state index contributed by atoms with van der Waals surface area (Å²) in [5.74, 6) is -1.52. The number of hydrogen-bond acceptors (Lipinski definition) is 5. The fourth-order valence-electron chi connectivity index (χ4n) is 3.18. The van der Waals surface area contributed by atoms with E-state index in [9.17, 15) is 19.5 Å². The van der Waals surface area contributed by atoms with Gasteiger partial charge in [0.05, 0.1) is 5.69 Å². The Balaban J connectivity index is 1.96. The zero-order valence-corrected chi connectivity index (χ0v) is 13.9. The van der Waals surface area contributed by atoms with Gasteiger partial charge in [0.1, 0.15) is 11.6 Å². The second-order valence-electron chi connectivity index (χ2n) is 6.66. The number of fused-ring (bicyclic) bond motifs is 1. The minimum absolute atomic E-state index is 0.120. The number of ketones is 1. The van der Waals surface area contributed by atoms with Crippen molar-refractivity contribution >= 4 is 18.2 Å². The number of Topliss-reactive ketones (excluding diaryl/α,β-unsaturated/α-hetero) is 1. The highest BCUT2D eigenvalue weighted by Crippen LogP contribution is 2.31. The quantitative estimate of drug-likeness (QED) is 0.807. The van der Waals surface area contributed by atoms with Gasteiger partial charge in [-0.3, -0.25) is 9.59 Å². The van der Waals surface area contributed by atoms with Gasteiger partial charge in [-0.2, -0.15) is 0 Å². The Bertz CT molecular complexity index is 853. The lowest BCUT2D eigenvalue weighted by atomic mass is 10.0. The van der Waals surface area contributed by atoms with Crippen LogP contribution in [0, 0.1) is 0 Å². The topological polar surface area (TPSA) is 98.5 Å². The normalized spacial score (nSPS) is 16.6. The molecule has 1 aliphatic carbocycles. The molecular weight excluding hydrogens is 324 g/mol. The largest absolute Gasteiger partial charge is 0.475 e. The fraction of sp³-hybridized carbons (Fsp3) is 0.333. The van der Waals surface area contributed by atoms with Gasteiger partial charge >= 0.3 is 5.97 Å². The van der Waals surface area contributed by atoms with Crippen molar-refractivity contribution < 1.29 is 24.2 Å². The molecule has 7 heteroatoms. The third kappa shape index (κ3) is 3.17. The van der Waals surface area contributed by atoms with Crippen LogP contribution in [0.2, 0.25) is 0 Å². The molecule has 0 radical (unpaired) electrons. The number of hydrogen-bond donors (Lipinski definition) is 1. The van der Waals surface area contributed by atoms with Gasteiger partial charge in [-0.1, -0.05) is 24.3 Å². The predicted octanol–water partition coefficient (Wildman–Crippen LogP) is 2.06. The van der Waals surface area contributed by atoms with Crippen molar-refractivity contribution in [2.24, 2.45) is 0 Å². The lowest BCUT2D eigenvalue weighted by Gasteiger charge is -2.21. The second-order valence-corrected chi connectivity index (χ2v) is 6.66. The zero-order chi connectivity index (χ0) is 18.2. The monoisotopic (exact) mass is 342 g/mol. The molecule has 0 bridgehead atoms. The number of benzene rings is 1. The third-order valence-electron chi connectivity index (χ3n) is 4.28. The number of aromatic carboxylic acids is 1. The Kier molecular flexibility index (Phi) is 4.16. The van der Waals surface area contributed by atoms with E-state index >= 15 is 0 Å². The summed E-state index contributed by atoms with van der Waals surface area (Å²) in [5.41, 5.74) is 1.14. The summed E-state index contributed by atoms with van der Waals surface area (Å²) in [6.45, 7) is 3.76. The molecule has 3 rings (SSSR count). The minimum Gasteiger partial charge on any atom is -0.475 e. The number of carboxylic acid groups (broad SMARTS) is 1. The predicted molar refractivity (Wildman–Crippen MR) is 87.6 cm³/mol. The highest BCUT2D eigenvalue weighted by Gasteiger charge is 2.35. The van der Waals surface area contributed by atoms with Gasteiger partial charge in [-0.25, -0.2) is 9.78 Å². The molecule has 1 aromatic heterocycles. The fourth-order valence-corrected chi connectivity index (χ4v) is 3.18. The van der Waals surface area contributed by atoms with Crippen molar-refractivity contribution in [3.63, 3.8) is 0 Å². The molecule has 130 valence electrons. The highest BCUT2D eigenvalue weighted by atomic mass is 16.5. The van der Waals surface area contributed by atoms with Gasteiger partial charge < -0.3 is 14.4 Å². The Morgan fingerprint density at radius 1 is 1.44 bits per heavy atom. The van der Waals surface area contributed by atoms with E-state index in [-0.39, 0.29) is 18.0 Å². The van der Waals surface area contributed by atoms with E-state index in [0.29, 0.717) is 24.2 Å². The van der Waals surface area contributed by atoms with Gasteiger partial charge in [0.25, 0.3) is 6.47 Å². The van der Waals surface area contributed by atoms with Crippen LogP contribution in [0.15, 0.2) is 30.5 Å². The molecule has 0 fully saturated rings. The van der Waals surface area contributed by atoms with Crippen molar-refractivity contribution in [1.82, 2.24) is 9.55 Å². The summed E-state index contributed by atoms with van der Waals surface area (Å²) in [6.07, 6.45) is 2.24. The first kappa shape index (κ1) is 16.9. The van der Waals surface area contributed by atoms with Crippen LogP contribution in [-0.4, -0.2) is 38.5 Å². The molecule has 25 heavy (non-hydrogen) atoms. The van der Waals surface area contributed by atoms with Crippen molar-refractivity contribution in [2.45, 2.75) is 38.3 Å². The number of carboxylic acids is 1. The average molecular weight is 342 g/mol. The van der Waals surface area contributed by atoms with Crippen LogP contribution in [0.25, 0.3) is 0 Å². The summed E-state index contributed by atoms with van der Waals surface area (Å²) < 4.78 is 6.41. The van der Waals surface area contributed by atoms with Crippen LogP contribution in [-0.2, 0) is 22.4 Å². The molecule has 2 aromatic rings. The Morgan fingerprint density at radius 3 is 2.80 bits per heavy atom. The van der Waals surface area contributed by atoms with Gasteiger partial charge in [-0.05, 0) is 19.4 Å². The smallest absolute Gasteiger partial charge is 0.372 e. The van der Waals surface area contributed by atoms with Crippen molar-refractivity contribution in [3.05, 3.63) is 53.1 Å². The molecule has 1 aliphatic rings. The molecule has 7 nitrogen and oxygen atoms in total. The molecule has 0 saturated heterocycles. The molecule has 1 unspecified atom stereocenters. The molecule has 0 saturated carbocycles. The Morgan fingerprint density at radius 2 is 2.16 bits per heavy atom. The van der Waals surface area contributed by atoms with E-state index in [2.05, 4.69) is 4.98 Å². The minimum atomic E-state index is -1.20. The molecule has 1 atom stereocenters. The maximum absolute atomic E-state index is 12.7.